The van der Waals surface area contributed by atoms with Crippen LogP contribution >= 0.6 is 24.0 Å². The van der Waals surface area contributed by atoms with Crippen LogP contribution in [0.2, 0.25) is 0 Å². The lowest BCUT2D eigenvalue weighted by atomic mass is 10.0. The number of hydrogen-bond acceptors (Lipinski definition) is 4. The molecule has 1 aromatic heterocycles. The van der Waals surface area contributed by atoms with E-state index in [0.29, 0.717) is 18.5 Å². The van der Waals surface area contributed by atoms with Gasteiger partial charge in [0.25, 0.3) is 0 Å². The van der Waals surface area contributed by atoms with Gasteiger partial charge < -0.3 is 19.9 Å². The number of aromatic amines is 1. The van der Waals surface area contributed by atoms with E-state index in [9.17, 15) is 0 Å². The molecule has 30 heavy (non-hydrogen) atoms. The van der Waals surface area contributed by atoms with E-state index in [4.69, 9.17) is 4.74 Å². The first kappa shape index (κ1) is 24.6. The number of nitrogens with zero attached hydrogens (tertiary/aromatic N) is 4. The lowest BCUT2D eigenvalue weighted by Crippen LogP contribution is -2.52. The third-order valence-electron chi connectivity index (χ3n) is 5.43. The van der Waals surface area contributed by atoms with Crippen LogP contribution in [-0.2, 0) is 11.3 Å². The summed E-state index contributed by atoms with van der Waals surface area (Å²) >= 11 is 0. The zero-order chi connectivity index (χ0) is 20.6. The summed E-state index contributed by atoms with van der Waals surface area (Å²) < 4.78 is 5.51. The van der Waals surface area contributed by atoms with Gasteiger partial charge in [0, 0.05) is 39.8 Å². The van der Waals surface area contributed by atoms with Crippen molar-refractivity contribution in [1.82, 2.24) is 25.1 Å². The highest BCUT2D eigenvalue weighted by Crippen LogP contribution is 2.17. The number of aromatic nitrogens is 2. The van der Waals surface area contributed by atoms with Crippen molar-refractivity contribution in [2.75, 3.05) is 46.9 Å². The molecule has 2 N–H and O–H groups in total. The van der Waals surface area contributed by atoms with Crippen LogP contribution in [0.15, 0.2) is 41.5 Å². The maximum absolute atomic E-state index is 5.51. The number of ether oxygens (including phenoxy) is 1. The predicted molar refractivity (Wildman–Crippen MR) is 133 cm³/mol. The summed E-state index contributed by atoms with van der Waals surface area (Å²) in [5.41, 5.74) is 2.17. The summed E-state index contributed by atoms with van der Waals surface area (Å²) in [6.07, 6.45) is 1.89. The summed E-state index contributed by atoms with van der Waals surface area (Å²) in [5.74, 6) is 2.35. The topological polar surface area (TPSA) is 68.8 Å². The van der Waals surface area contributed by atoms with Crippen molar-refractivity contribution in [3.8, 4) is 11.3 Å². The molecule has 2 aromatic rings. The minimum atomic E-state index is 0. The van der Waals surface area contributed by atoms with Gasteiger partial charge >= 0.3 is 0 Å². The molecule has 0 spiro atoms. The van der Waals surface area contributed by atoms with Gasteiger partial charge in [0.2, 0.25) is 0 Å². The van der Waals surface area contributed by atoms with E-state index in [2.05, 4.69) is 56.1 Å². The molecular weight excluding hydrogens is 491 g/mol. The number of guanidine groups is 1. The normalized spacial score (nSPS) is 16.2. The number of aliphatic imine (C=N–C) groups is 1. The van der Waals surface area contributed by atoms with E-state index >= 15 is 0 Å². The quantitative estimate of drug-likeness (QED) is 0.330. The second-order valence-corrected chi connectivity index (χ2v) is 7.85. The molecule has 166 valence electrons. The van der Waals surface area contributed by atoms with Crippen molar-refractivity contribution >= 4 is 29.9 Å². The summed E-state index contributed by atoms with van der Waals surface area (Å²) in [5, 5.41) is 3.56. The zero-order valence-electron chi connectivity index (χ0n) is 18.5. The predicted octanol–water partition coefficient (Wildman–Crippen LogP) is 3.06. The number of hydrogen-bond donors (Lipinski definition) is 2. The van der Waals surface area contributed by atoms with E-state index in [1.54, 1.807) is 0 Å². The van der Waals surface area contributed by atoms with Crippen LogP contribution in [-0.4, -0.2) is 78.7 Å². The Labute approximate surface area is 197 Å². The summed E-state index contributed by atoms with van der Waals surface area (Å²) in [7, 11) is 3.87. The number of rotatable bonds is 7. The molecule has 3 rings (SSSR count). The maximum Gasteiger partial charge on any atom is 0.193 e. The lowest BCUT2D eigenvalue weighted by molar-refractivity contribution is 0.00741. The molecule has 0 radical (unpaired) electrons. The van der Waals surface area contributed by atoms with Gasteiger partial charge in [0.15, 0.2) is 5.96 Å². The Morgan fingerprint density at radius 2 is 1.97 bits per heavy atom. The minimum Gasteiger partial charge on any atom is -0.379 e. The summed E-state index contributed by atoms with van der Waals surface area (Å²) in [6.45, 7) is 9.71. The fraction of sp³-hybridized carbons (Fsp3) is 0.545. The van der Waals surface area contributed by atoms with Gasteiger partial charge in [0.05, 0.1) is 31.6 Å². The fourth-order valence-corrected chi connectivity index (χ4v) is 3.78. The van der Waals surface area contributed by atoms with Crippen LogP contribution in [0.5, 0.6) is 0 Å². The SMILES string of the molecule is CN=C(NCC(C(C)C)N1CCOCC1)N(C)Cc1ncc(-c2ccccc2)[nH]1.I. The molecule has 1 atom stereocenters. The summed E-state index contributed by atoms with van der Waals surface area (Å²) in [4.78, 5) is 17.1. The zero-order valence-corrected chi connectivity index (χ0v) is 20.8. The first-order valence-corrected chi connectivity index (χ1v) is 10.4. The molecule has 1 aromatic carbocycles. The number of morpholine rings is 1. The standard InChI is InChI=1S/C22H34N6O.HI/c1-17(2)20(28-10-12-29-13-11-28)15-25-22(23-3)27(4)16-21-24-14-19(26-21)18-8-6-5-7-9-18;/h5-9,14,17,20H,10-13,15-16H2,1-4H3,(H,23,25)(H,24,26);1H. The van der Waals surface area contributed by atoms with Crippen molar-refractivity contribution in [3.05, 3.63) is 42.4 Å². The molecule has 1 unspecified atom stereocenters. The first-order chi connectivity index (χ1) is 14.1. The van der Waals surface area contributed by atoms with Gasteiger partial charge in [-0.05, 0) is 11.5 Å². The second-order valence-electron chi connectivity index (χ2n) is 7.85. The minimum absolute atomic E-state index is 0. The third-order valence-corrected chi connectivity index (χ3v) is 5.43. The highest BCUT2D eigenvalue weighted by molar-refractivity contribution is 14.0. The highest BCUT2D eigenvalue weighted by Gasteiger charge is 2.24. The third kappa shape index (κ3) is 6.68. The molecule has 0 amide bonds. The maximum atomic E-state index is 5.51. The number of benzene rings is 1. The average molecular weight is 526 g/mol. The Bertz CT molecular complexity index is 773. The van der Waals surface area contributed by atoms with E-state index in [1.165, 1.54) is 0 Å². The average Bonchev–Trinajstić information content (AvgIpc) is 3.20. The van der Waals surface area contributed by atoms with Crippen molar-refractivity contribution in [3.63, 3.8) is 0 Å². The van der Waals surface area contributed by atoms with Crippen molar-refractivity contribution in [1.29, 1.82) is 0 Å². The molecule has 1 aliphatic heterocycles. The number of imidazole rings is 1. The number of nitrogens with one attached hydrogen (secondary N) is 2. The van der Waals surface area contributed by atoms with Crippen LogP contribution in [0.25, 0.3) is 11.3 Å². The van der Waals surface area contributed by atoms with E-state index in [-0.39, 0.29) is 24.0 Å². The molecule has 1 saturated heterocycles. The van der Waals surface area contributed by atoms with Crippen LogP contribution in [0.4, 0.5) is 0 Å². The molecule has 1 fully saturated rings. The van der Waals surface area contributed by atoms with Crippen LogP contribution < -0.4 is 5.32 Å². The first-order valence-electron chi connectivity index (χ1n) is 10.4. The lowest BCUT2D eigenvalue weighted by Gasteiger charge is -2.37. The fourth-order valence-electron chi connectivity index (χ4n) is 3.78. The summed E-state index contributed by atoms with van der Waals surface area (Å²) in [6, 6.07) is 10.7. The largest absolute Gasteiger partial charge is 0.379 e. The van der Waals surface area contributed by atoms with Gasteiger partial charge in [-0.3, -0.25) is 9.89 Å². The molecule has 7 nitrogen and oxygen atoms in total. The van der Waals surface area contributed by atoms with Crippen molar-refractivity contribution in [2.45, 2.75) is 26.4 Å². The number of H-pyrrole nitrogens is 1. The van der Waals surface area contributed by atoms with E-state index in [1.807, 2.05) is 38.5 Å². The van der Waals surface area contributed by atoms with Crippen LogP contribution in [0.3, 0.4) is 0 Å². The monoisotopic (exact) mass is 526 g/mol. The van der Waals surface area contributed by atoms with Crippen LogP contribution in [0.1, 0.15) is 19.7 Å². The molecule has 1 aliphatic rings. The van der Waals surface area contributed by atoms with Gasteiger partial charge in [-0.25, -0.2) is 4.98 Å². The van der Waals surface area contributed by atoms with E-state index in [0.717, 1.165) is 55.9 Å². The molecular formula is C22H35IN6O. The molecule has 2 heterocycles. The molecule has 8 heteroatoms. The molecule has 0 bridgehead atoms. The van der Waals surface area contributed by atoms with Gasteiger partial charge in [-0.15, -0.1) is 24.0 Å². The van der Waals surface area contributed by atoms with Crippen LogP contribution in [0, 0.1) is 5.92 Å². The number of halogens is 1. The Morgan fingerprint density at radius 1 is 1.27 bits per heavy atom. The molecule has 0 saturated carbocycles. The Balaban J connectivity index is 0.00000320. The van der Waals surface area contributed by atoms with Crippen molar-refractivity contribution < 1.29 is 4.74 Å². The van der Waals surface area contributed by atoms with Gasteiger partial charge in [0.1, 0.15) is 5.82 Å². The highest BCUT2D eigenvalue weighted by atomic mass is 127. The van der Waals surface area contributed by atoms with Gasteiger partial charge in [-0.1, -0.05) is 44.2 Å². The smallest absolute Gasteiger partial charge is 0.193 e. The second kappa shape index (κ2) is 12.3. The Kier molecular flexibility index (Phi) is 10.1. The van der Waals surface area contributed by atoms with Gasteiger partial charge in [-0.2, -0.15) is 0 Å². The Morgan fingerprint density at radius 3 is 2.60 bits per heavy atom. The van der Waals surface area contributed by atoms with E-state index < -0.39 is 0 Å². The van der Waals surface area contributed by atoms with Crippen molar-refractivity contribution in [2.24, 2.45) is 10.9 Å². The Hall–Kier alpha value is -1.65. The molecule has 0 aliphatic carbocycles.